The van der Waals surface area contributed by atoms with E-state index in [0.717, 1.165) is 43.9 Å². The number of pyridine rings is 1. The third-order valence-electron chi connectivity index (χ3n) is 3.19. The Morgan fingerprint density at radius 3 is 2.75 bits per heavy atom. The molecule has 16 heavy (non-hydrogen) atoms. The maximum Gasteiger partial charge on any atom is 0.255 e. The average molecular weight is 221 g/mol. The van der Waals surface area contributed by atoms with Crippen LogP contribution in [0.15, 0.2) is 17.1 Å². The van der Waals surface area contributed by atoms with Gasteiger partial charge in [0, 0.05) is 51.5 Å². The molecule has 0 spiro atoms. The van der Waals surface area contributed by atoms with Gasteiger partial charge in [-0.25, -0.2) is 0 Å². The maximum atomic E-state index is 12.0. The predicted molar refractivity (Wildman–Crippen MR) is 64.6 cm³/mol. The summed E-state index contributed by atoms with van der Waals surface area (Å²) in [7, 11) is 1.81. The lowest BCUT2D eigenvalue weighted by atomic mass is 10.1. The molecule has 1 fully saturated rings. The fourth-order valence-electron chi connectivity index (χ4n) is 2.06. The minimum absolute atomic E-state index is 0.138. The van der Waals surface area contributed by atoms with Crippen molar-refractivity contribution in [2.45, 2.75) is 13.5 Å². The topological polar surface area (TPSA) is 37.3 Å². The van der Waals surface area contributed by atoms with Gasteiger partial charge in [-0.3, -0.25) is 9.69 Å². The standard InChI is InChI=1S/C12H19N3O/c1-10-3-6-14(2)12(16)11(10)9-15-7-4-13-5-8-15/h3,6,13H,4-5,7-9H2,1-2H3. The Balaban J connectivity index is 2.20. The number of rotatable bonds is 2. The van der Waals surface area contributed by atoms with E-state index in [0.29, 0.717) is 0 Å². The van der Waals surface area contributed by atoms with Gasteiger partial charge in [0.05, 0.1) is 0 Å². The zero-order valence-corrected chi connectivity index (χ0v) is 9.99. The second kappa shape index (κ2) is 4.80. The van der Waals surface area contributed by atoms with Crippen molar-refractivity contribution in [3.05, 3.63) is 33.7 Å². The van der Waals surface area contributed by atoms with Crippen LogP contribution >= 0.6 is 0 Å². The van der Waals surface area contributed by atoms with Gasteiger partial charge in [-0.15, -0.1) is 0 Å². The van der Waals surface area contributed by atoms with E-state index < -0.39 is 0 Å². The third-order valence-corrected chi connectivity index (χ3v) is 3.19. The van der Waals surface area contributed by atoms with Gasteiger partial charge in [0.15, 0.2) is 0 Å². The van der Waals surface area contributed by atoms with Gasteiger partial charge in [0.1, 0.15) is 0 Å². The zero-order chi connectivity index (χ0) is 11.5. The highest BCUT2D eigenvalue weighted by atomic mass is 16.1. The second-order valence-corrected chi connectivity index (χ2v) is 4.42. The van der Waals surface area contributed by atoms with Crippen molar-refractivity contribution < 1.29 is 0 Å². The maximum absolute atomic E-state index is 12.0. The monoisotopic (exact) mass is 221 g/mol. The van der Waals surface area contributed by atoms with E-state index in [1.807, 2.05) is 26.2 Å². The number of hydrogen-bond donors (Lipinski definition) is 1. The van der Waals surface area contributed by atoms with Crippen molar-refractivity contribution in [3.63, 3.8) is 0 Å². The van der Waals surface area contributed by atoms with Crippen molar-refractivity contribution in [1.82, 2.24) is 14.8 Å². The second-order valence-electron chi connectivity index (χ2n) is 4.42. The number of piperazine rings is 1. The molecule has 1 saturated heterocycles. The van der Waals surface area contributed by atoms with E-state index in [-0.39, 0.29) is 5.56 Å². The van der Waals surface area contributed by atoms with Crippen LogP contribution in [0.4, 0.5) is 0 Å². The van der Waals surface area contributed by atoms with E-state index in [2.05, 4.69) is 10.2 Å². The Morgan fingerprint density at radius 2 is 2.06 bits per heavy atom. The van der Waals surface area contributed by atoms with Crippen LogP contribution in [0.2, 0.25) is 0 Å². The highest BCUT2D eigenvalue weighted by molar-refractivity contribution is 5.22. The van der Waals surface area contributed by atoms with Crippen LogP contribution < -0.4 is 10.9 Å². The molecule has 0 bridgehead atoms. The normalized spacial score (nSPS) is 17.6. The lowest BCUT2D eigenvalue weighted by Gasteiger charge is -2.27. The smallest absolute Gasteiger partial charge is 0.255 e. The summed E-state index contributed by atoms with van der Waals surface area (Å²) in [6, 6.07) is 2.01. The third kappa shape index (κ3) is 2.33. The van der Waals surface area contributed by atoms with E-state index in [4.69, 9.17) is 0 Å². The molecule has 0 aromatic carbocycles. The van der Waals surface area contributed by atoms with Gasteiger partial charge in [-0.1, -0.05) is 0 Å². The number of nitrogens with zero attached hydrogens (tertiary/aromatic N) is 2. The van der Waals surface area contributed by atoms with Crippen molar-refractivity contribution in [3.8, 4) is 0 Å². The molecule has 1 aromatic heterocycles. The number of hydrogen-bond acceptors (Lipinski definition) is 3. The molecule has 4 heteroatoms. The van der Waals surface area contributed by atoms with Crippen LogP contribution in [0.3, 0.4) is 0 Å². The summed E-state index contributed by atoms with van der Waals surface area (Å²) in [4.78, 5) is 14.3. The molecule has 0 atom stereocenters. The first kappa shape index (κ1) is 11.4. The molecule has 0 radical (unpaired) electrons. The van der Waals surface area contributed by atoms with Crippen molar-refractivity contribution in [2.75, 3.05) is 26.2 Å². The molecule has 2 heterocycles. The first-order valence-corrected chi connectivity index (χ1v) is 5.76. The first-order valence-electron chi connectivity index (χ1n) is 5.76. The molecule has 0 unspecified atom stereocenters. The summed E-state index contributed by atoms with van der Waals surface area (Å²) in [5.74, 6) is 0. The van der Waals surface area contributed by atoms with Crippen LogP contribution in [0.5, 0.6) is 0 Å². The highest BCUT2D eigenvalue weighted by Crippen LogP contribution is 2.06. The molecule has 88 valence electrons. The van der Waals surface area contributed by atoms with Crippen LogP contribution in [-0.2, 0) is 13.6 Å². The Bertz CT molecular complexity index is 419. The molecule has 1 aliphatic heterocycles. The van der Waals surface area contributed by atoms with E-state index >= 15 is 0 Å². The minimum atomic E-state index is 0.138. The Labute approximate surface area is 95.9 Å². The molecule has 1 N–H and O–H groups in total. The average Bonchev–Trinajstić information content (AvgIpc) is 2.31. The van der Waals surface area contributed by atoms with Gasteiger partial charge in [-0.2, -0.15) is 0 Å². The molecule has 1 aromatic rings. The summed E-state index contributed by atoms with van der Waals surface area (Å²) in [6.45, 7) is 6.88. The van der Waals surface area contributed by atoms with Gasteiger partial charge in [0.2, 0.25) is 0 Å². The lowest BCUT2D eigenvalue weighted by molar-refractivity contribution is 0.231. The number of aryl methyl sites for hydroxylation is 2. The Kier molecular flexibility index (Phi) is 3.41. The Hall–Kier alpha value is -1.13. The summed E-state index contributed by atoms with van der Waals surface area (Å²) in [6.07, 6.45) is 1.83. The quantitative estimate of drug-likeness (QED) is 0.769. The first-order chi connectivity index (χ1) is 7.68. The molecule has 1 aliphatic rings. The molecular weight excluding hydrogens is 202 g/mol. The van der Waals surface area contributed by atoms with Crippen molar-refractivity contribution in [2.24, 2.45) is 7.05 Å². The molecule has 0 saturated carbocycles. The van der Waals surface area contributed by atoms with Crippen LogP contribution in [-0.4, -0.2) is 35.6 Å². The molecule has 0 aliphatic carbocycles. The van der Waals surface area contributed by atoms with Crippen molar-refractivity contribution >= 4 is 0 Å². The van der Waals surface area contributed by atoms with Gasteiger partial charge >= 0.3 is 0 Å². The van der Waals surface area contributed by atoms with Crippen LogP contribution in [0.1, 0.15) is 11.1 Å². The molecule has 2 rings (SSSR count). The summed E-state index contributed by atoms with van der Waals surface area (Å²) < 4.78 is 1.66. The van der Waals surface area contributed by atoms with E-state index in [1.54, 1.807) is 4.57 Å². The molecular formula is C12H19N3O. The zero-order valence-electron chi connectivity index (χ0n) is 9.99. The fraction of sp³-hybridized carbons (Fsp3) is 0.583. The SMILES string of the molecule is Cc1ccn(C)c(=O)c1CN1CCNCC1. The lowest BCUT2D eigenvalue weighted by Crippen LogP contribution is -2.44. The summed E-state index contributed by atoms with van der Waals surface area (Å²) in [5, 5.41) is 3.32. The largest absolute Gasteiger partial charge is 0.318 e. The van der Waals surface area contributed by atoms with Gasteiger partial charge in [0.25, 0.3) is 5.56 Å². The van der Waals surface area contributed by atoms with Crippen LogP contribution in [0.25, 0.3) is 0 Å². The van der Waals surface area contributed by atoms with Gasteiger partial charge < -0.3 is 9.88 Å². The van der Waals surface area contributed by atoms with Crippen LogP contribution in [0, 0.1) is 6.92 Å². The minimum Gasteiger partial charge on any atom is -0.318 e. The van der Waals surface area contributed by atoms with Crippen molar-refractivity contribution in [1.29, 1.82) is 0 Å². The Morgan fingerprint density at radius 1 is 1.38 bits per heavy atom. The molecule has 4 nitrogen and oxygen atoms in total. The fourth-order valence-corrected chi connectivity index (χ4v) is 2.06. The summed E-state index contributed by atoms with van der Waals surface area (Å²) >= 11 is 0. The number of aromatic nitrogens is 1. The van der Waals surface area contributed by atoms with E-state index in [9.17, 15) is 4.79 Å². The highest BCUT2D eigenvalue weighted by Gasteiger charge is 2.13. The number of nitrogens with one attached hydrogen (secondary N) is 1. The predicted octanol–water partition coefficient (Wildman–Crippen LogP) is 0.0989. The van der Waals surface area contributed by atoms with E-state index in [1.165, 1.54) is 0 Å². The van der Waals surface area contributed by atoms with Gasteiger partial charge in [-0.05, 0) is 18.6 Å². The molecule has 0 amide bonds. The summed E-state index contributed by atoms with van der Waals surface area (Å²) in [5.41, 5.74) is 2.17.